The van der Waals surface area contributed by atoms with Crippen LogP contribution in [-0.2, 0) is 9.53 Å². The molecule has 1 aromatic carbocycles. The molecule has 0 saturated carbocycles. The molecule has 0 bridgehead atoms. The van der Waals surface area contributed by atoms with Gasteiger partial charge < -0.3 is 9.47 Å². The predicted molar refractivity (Wildman–Crippen MR) is 90.9 cm³/mol. The molecule has 3 nitrogen and oxygen atoms in total. The van der Waals surface area contributed by atoms with Crippen LogP contribution in [0.1, 0.15) is 52.0 Å². The van der Waals surface area contributed by atoms with Gasteiger partial charge in [-0.05, 0) is 43.0 Å². The molecule has 0 aromatic heterocycles. The zero-order chi connectivity index (χ0) is 16.2. The monoisotopic (exact) mass is 304 g/mol. The van der Waals surface area contributed by atoms with Crippen LogP contribution < -0.4 is 4.74 Å². The molecule has 1 rings (SSSR count). The summed E-state index contributed by atoms with van der Waals surface area (Å²) in [4.78, 5) is 11.7. The number of rotatable bonds is 10. The van der Waals surface area contributed by atoms with E-state index in [-0.39, 0.29) is 5.97 Å². The Bertz CT molecular complexity index is 448. The molecule has 1 unspecified atom stereocenters. The number of ether oxygens (including phenoxy) is 2. The van der Waals surface area contributed by atoms with Crippen molar-refractivity contribution in [1.29, 1.82) is 0 Å². The molecule has 3 heteroatoms. The lowest BCUT2D eigenvalue weighted by Crippen LogP contribution is -2.12. The van der Waals surface area contributed by atoms with Crippen LogP contribution in [0.5, 0.6) is 5.75 Å². The predicted octanol–water partition coefficient (Wildman–Crippen LogP) is 4.86. The molecule has 0 amide bonds. The maximum Gasteiger partial charge on any atom is 0.330 e. The molecule has 1 aromatic rings. The van der Waals surface area contributed by atoms with E-state index in [9.17, 15) is 4.79 Å². The van der Waals surface area contributed by atoms with Gasteiger partial charge in [-0.15, -0.1) is 0 Å². The van der Waals surface area contributed by atoms with E-state index in [4.69, 9.17) is 9.47 Å². The van der Waals surface area contributed by atoms with Crippen molar-refractivity contribution in [1.82, 2.24) is 0 Å². The average Bonchev–Trinajstić information content (AvgIpc) is 2.54. The Morgan fingerprint density at radius 2 is 1.91 bits per heavy atom. The molecule has 0 heterocycles. The van der Waals surface area contributed by atoms with Gasteiger partial charge in [-0.2, -0.15) is 0 Å². The smallest absolute Gasteiger partial charge is 0.330 e. The van der Waals surface area contributed by atoms with E-state index in [1.165, 1.54) is 18.9 Å². The Balaban J connectivity index is 2.39. The minimum Gasteiger partial charge on any atom is -0.494 e. The standard InChI is InChI=1S/C19H28O3/c1-4-7-8-16(5-2)15-22-19(20)14-11-17-9-12-18(13-10-17)21-6-3/h9-14,16H,4-8,15H2,1-3H3. The summed E-state index contributed by atoms with van der Waals surface area (Å²) in [5, 5.41) is 0. The molecule has 0 saturated heterocycles. The molecule has 0 fully saturated rings. The Morgan fingerprint density at radius 1 is 1.18 bits per heavy atom. The van der Waals surface area contributed by atoms with Crippen LogP contribution in [0.15, 0.2) is 30.3 Å². The van der Waals surface area contributed by atoms with Gasteiger partial charge in [-0.3, -0.25) is 0 Å². The summed E-state index contributed by atoms with van der Waals surface area (Å²) in [6.45, 7) is 7.44. The number of benzene rings is 1. The molecule has 0 radical (unpaired) electrons. The fourth-order valence-corrected chi connectivity index (χ4v) is 2.15. The van der Waals surface area contributed by atoms with Gasteiger partial charge in [0.1, 0.15) is 5.75 Å². The van der Waals surface area contributed by atoms with Crippen LogP contribution in [-0.4, -0.2) is 19.2 Å². The minimum absolute atomic E-state index is 0.274. The Kier molecular flexibility index (Phi) is 9.04. The van der Waals surface area contributed by atoms with Crippen LogP contribution in [0.4, 0.5) is 0 Å². The molecule has 1 atom stereocenters. The van der Waals surface area contributed by atoms with Crippen molar-refractivity contribution in [2.24, 2.45) is 5.92 Å². The van der Waals surface area contributed by atoms with E-state index >= 15 is 0 Å². The van der Waals surface area contributed by atoms with Gasteiger partial charge in [0.15, 0.2) is 0 Å². The van der Waals surface area contributed by atoms with Crippen molar-refractivity contribution in [3.8, 4) is 5.75 Å². The fourth-order valence-electron chi connectivity index (χ4n) is 2.15. The zero-order valence-electron chi connectivity index (χ0n) is 14.0. The Hall–Kier alpha value is -1.77. The third kappa shape index (κ3) is 7.30. The minimum atomic E-state index is -0.274. The van der Waals surface area contributed by atoms with Crippen LogP contribution in [0, 0.1) is 5.92 Å². The molecule has 0 aliphatic carbocycles. The summed E-state index contributed by atoms with van der Waals surface area (Å²) in [6.07, 6.45) is 7.81. The van der Waals surface area contributed by atoms with Crippen LogP contribution in [0.3, 0.4) is 0 Å². The summed E-state index contributed by atoms with van der Waals surface area (Å²) in [5.41, 5.74) is 0.957. The maximum absolute atomic E-state index is 11.7. The lowest BCUT2D eigenvalue weighted by molar-refractivity contribution is -0.139. The fraction of sp³-hybridized carbons (Fsp3) is 0.526. The first-order valence-electron chi connectivity index (χ1n) is 8.27. The second kappa shape index (κ2) is 10.9. The number of carbonyl (C=O) groups is 1. The maximum atomic E-state index is 11.7. The SMILES string of the molecule is CCCCC(CC)COC(=O)C=Cc1ccc(OCC)cc1. The number of hydrogen-bond donors (Lipinski definition) is 0. The molecule has 0 aliphatic rings. The van der Waals surface area contributed by atoms with Gasteiger partial charge >= 0.3 is 5.97 Å². The highest BCUT2D eigenvalue weighted by molar-refractivity contribution is 5.87. The van der Waals surface area contributed by atoms with Crippen molar-refractivity contribution >= 4 is 12.0 Å². The van der Waals surface area contributed by atoms with E-state index in [0.717, 1.165) is 24.2 Å². The van der Waals surface area contributed by atoms with Crippen molar-refractivity contribution in [2.75, 3.05) is 13.2 Å². The summed E-state index contributed by atoms with van der Waals surface area (Å²) < 4.78 is 10.7. The van der Waals surface area contributed by atoms with Crippen LogP contribution in [0.25, 0.3) is 6.08 Å². The molecule has 0 aliphatic heterocycles. The summed E-state index contributed by atoms with van der Waals surface area (Å²) in [6, 6.07) is 7.63. The Labute approximate surface area is 134 Å². The quantitative estimate of drug-likeness (QED) is 0.457. The van der Waals surface area contributed by atoms with E-state index < -0.39 is 0 Å². The number of hydrogen-bond acceptors (Lipinski definition) is 3. The Morgan fingerprint density at radius 3 is 2.50 bits per heavy atom. The first-order valence-corrected chi connectivity index (χ1v) is 8.27. The van der Waals surface area contributed by atoms with Crippen molar-refractivity contribution in [2.45, 2.75) is 46.5 Å². The molecule has 22 heavy (non-hydrogen) atoms. The topological polar surface area (TPSA) is 35.5 Å². The van der Waals surface area contributed by atoms with Crippen LogP contribution in [0.2, 0.25) is 0 Å². The van der Waals surface area contributed by atoms with Gasteiger partial charge in [-0.25, -0.2) is 4.79 Å². The molecule has 122 valence electrons. The van der Waals surface area contributed by atoms with E-state index in [2.05, 4.69) is 13.8 Å². The summed E-state index contributed by atoms with van der Waals surface area (Å²) in [5.74, 6) is 1.04. The van der Waals surface area contributed by atoms with E-state index in [1.54, 1.807) is 6.08 Å². The highest BCUT2D eigenvalue weighted by Crippen LogP contribution is 2.14. The number of carbonyl (C=O) groups excluding carboxylic acids is 1. The second-order valence-electron chi connectivity index (χ2n) is 5.38. The normalized spacial score (nSPS) is 12.3. The highest BCUT2D eigenvalue weighted by Gasteiger charge is 2.08. The van der Waals surface area contributed by atoms with Crippen LogP contribution >= 0.6 is 0 Å². The van der Waals surface area contributed by atoms with Crippen molar-refractivity contribution in [3.63, 3.8) is 0 Å². The number of unbranched alkanes of at least 4 members (excludes halogenated alkanes) is 1. The molecular formula is C19H28O3. The van der Waals surface area contributed by atoms with Gasteiger partial charge in [0.2, 0.25) is 0 Å². The third-order valence-electron chi connectivity index (χ3n) is 3.61. The molecule has 0 N–H and O–H groups in total. The van der Waals surface area contributed by atoms with Gasteiger partial charge in [-0.1, -0.05) is 45.2 Å². The molecular weight excluding hydrogens is 276 g/mol. The van der Waals surface area contributed by atoms with E-state index in [0.29, 0.717) is 19.1 Å². The van der Waals surface area contributed by atoms with Crippen molar-refractivity contribution in [3.05, 3.63) is 35.9 Å². The van der Waals surface area contributed by atoms with Gasteiger partial charge in [0, 0.05) is 6.08 Å². The lowest BCUT2D eigenvalue weighted by Gasteiger charge is -2.13. The third-order valence-corrected chi connectivity index (χ3v) is 3.61. The first-order chi connectivity index (χ1) is 10.7. The molecule has 0 spiro atoms. The summed E-state index contributed by atoms with van der Waals surface area (Å²) >= 11 is 0. The van der Waals surface area contributed by atoms with E-state index in [1.807, 2.05) is 31.2 Å². The number of esters is 1. The zero-order valence-corrected chi connectivity index (χ0v) is 14.0. The highest BCUT2D eigenvalue weighted by atomic mass is 16.5. The second-order valence-corrected chi connectivity index (χ2v) is 5.38. The van der Waals surface area contributed by atoms with Crippen molar-refractivity contribution < 1.29 is 14.3 Å². The first kappa shape index (κ1) is 18.3. The van der Waals surface area contributed by atoms with Gasteiger partial charge in [0.25, 0.3) is 0 Å². The lowest BCUT2D eigenvalue weighted by atomic mass is 10.0. The van der Waals surface area contributed by atoms with Gasteiger partial charge in [0.05, 0.1) is 13.2 Å². The largest absolute Gasteiger partial charge is 0.494 e. The summed E-state index contributed by atoms with van der Waals surface area (Å²) in [7, 11) is 0. The average molecular weight is 304 g/mol.